The highest BCUT2D eigenvalue weighted by Crippen LogP contribution is 2.68. The van der Waals surface area contributed by atoms with Crippen LogP contribution in [-0.2, 0) is 11.2 Å². The van der Waals surface area contributed by atoms with E-state index in [4.69, 9.17) is 14.2 Å². The first-order valence-corrected chi connectivity index (χ1v) is 11.2. The summed E-state index contributed by atoms with van der Waals surface area (Å²) in [6.45, 7) is 1.85. The smallest absolute Gasteiger partial charge is 0.226 e. The number of carbonyl (C=O) groups excluding carboxylic acids is 1. The van der Waals surface area contributed by atoms with Crippen molar-refractivity contribution in [3.05, 3.63) is 82.9 Å². The van der Waals surface area contributed by atoms with Gasteiger partial charge in [0.2, 0.25) is 11.8 Å². The lowest BCUT2D eigenvalue weighted by atomic mass is 9.71. The number of hydrogen-bond acceptors (Lipinski definition) is 6. The summed E-state index contributed by atoms with van der Waals surface area (Å²) in [6, 6.07) is 19.2. The van der Waals surface area contributed by atoms with Crippen LogP contribution in [0.3, 0.4) is 0 Å². The van der Waals surface area contributed by atoms with Crippen molar-refractivity contribution in [2.24, 2.45) is 0 Å². The van der Waals surface area contributed by atoms with E-state index in [1.165, 1.54) is 14.2 Å². The summed E-state index contributed by atoms with van der Waals surface area (Å²) in [5.74, 6) is 1.09. The molecule has 0 radical (unpaired) electrons. The molecule has 170 valence electrons. The summed E-state index contributed by atoms with van der Waals surface area (Å²) < 4.78 is 17.7. The normalized spacial score (nSPS) is 25.2. The van der Waals surface area contributed by atoms with Crippen molar-refractivity contribution in [2.45, 2.75) is 43.3 Å². The number of aliphatic hydroxyl groups is 1. The number of ether oxygens (including phenoxy) is 3. The molecule has 33 heavy (non-hydrogen) atoms. The van der Waals surface area contributed by atoms with Crippen molar-refractivity contribution in [3.63, 3.8) is 0 Å². The topological polar surface area (TPSA) is 77.9 Å². The Kier molecular flexibility index (Phi) is 5.13. The monoisotopic (exact) mass is 445 g/mol. The fraction of sp³-hybridized carbons (Fsp3) is 0.333. The highest BCUT2D eigenvalue weighted by molar-refractivity contribution is 5.95. The zero-order chi connectivity index (χ0) is 23.2. The van der Waals surface area contributed by atoms with Gasteiger partial charge in [0.25, 0.3) is 0 Å². The fourth-order valence-electron chi connectivity index (χ4n) is 5.56. The average Bonchev–Trinajstić information content (AvgIpc) is 3.30. The van der Waals surface area contributed by atoms with Crippen LogP contribution >= 0.6 is 0 Å². The predicted octanol–water partition coefficient (Wildman–Crippen LogP) is 4.74. The van der Waals surface area contributed by atoms with Gasteiger partial charge < -0.3 is 19.3 Å². The number of nitrogens with zero attached hydrogens (tertiary/aromatic N) is 1. The Morgan fingerprint density at radius 1 is 1.12 bits per heavy atom. The Morgan fingerprint density at radius 2 is 1.85 bits per heavy atom. The number of rotatable bonds is 6. The largest absolute Gasteiger partial charge is 0.481 e. The van der Waals surface area contributed by atoms with Gasteiger partial charge in [-0.05, 0) is 24.0 Å². The van der Waals surface area contributed by atoms with Gasteiger partial charge in [0.05, 0.1) is 19.8 Å². The molecular weight excluding hydrogens is 418 g/mol. The number of carbonyl (C=O) groups is 1. The Balaban J connectivity index is 1.74. The zero-order valence-corrected chi connectivity index (χ0v) is 19.0. The van der Waals surface area contributed by atoms with Gasteiger partial charge in [-0.1, -0.05) is 61.5 Å². The van der Waals surface area contributed by atoms with E-state index in [9.17, 15) is 9.90 Å². The van der Waals surface area contributed by atoms with E-state index in [-0.39, 0.29) is 11.7 Å². The number of benzene rings is 2. The molecule has 3 aromatic rings. The molecule has 1 N–H and O–H groups in total. The number of ketones is 1. The highest BCUT2D eigenvalue weighted by Gasteiger charge is 2.69. The van der Waals surface area contributed by atoms with E-state index in [1.54, 1.807) is 6.07 Å². The van der Waals surface area contributed by atoms with Crippen LogP contribution in [0.1, 0.15) is 59.2 Å². The standard InChI is InChI=1S/C27H27NO5/c1-4-21(29)18-10-12-19(13-11-18)27-20(17-8-6-5-7-9-17)14-15-26(27,30)24-22(33-27)16-23(31-2)28-25(24)32-3/h5-13,16,20,30H,4,14-15H2,1-3H3. The molecular formula is C27H27NO5. The molecule has 1 saturated carbocycles. The van der Waals surface area contributed by atoms with Gasteiger partial charge in [0.15, 0.2) is 11.4 Å². The van der Waals surface area contributed by atoms with Crippen molar-refractivity contribution in [2.75, 3.05) is 14.2 Å². The summed E-state index contributed by atoms with van der Waals surface area (Å²) in [6.07, 6.45) is 1.62. The number of aromatic nitrogens is 1. The third kappa shape index (κ3) is 2.97. The fourth-order valence-corrected chi connectivity index (χ4v) is 5.56. The van der Waals surface area contributed by atoms with E-state index in [2.05, 4.69) is 17.1 Å². The maximum atomic E-state index is 12.4. The van der Waals surface area contributed by atoms with Crippen LogP contribution in [0.4, 0.5) is 0 Å². The van der Waals surface area contributed by atoms with Crippen LogP contribution < -0.4 is 14.2 Å². The molecule has 3 unspecified atom stereocenters. The van der Waals surface area contributed by atoms with Gasteiger partial charge >= 0.3 is 0 Å². The van der Waals surface area contributed by atoms with Gasteiger partial charge in [0.1, 0.15) is 11.4 Å². The lowest BCUT2D eigenvalue weighted by Crippen LogP contribution is -2.48. The lowest BCUT2D eigenvalue weighted by Gasteiger charge is -2.40. The molecule has 1 aliphatic carbocycles. The quantitative estimate of drug-likeness (QED) is 0.552. The van der Waals surface area contributed by atoms with Crippen molar-refractivity contribution in [1.82, 2.24) is 4.98 Å². The Hall–Kier alpha value is -3.38. The van der Waals surface area contributed by atoms with E-state index in [0.717, 1.165) is 11.1 Å². The van der Waals surface area contributed by atoms with Crippen molar-refractivity contribution in [3.8, 4) is 17.5 Å². The van der Waals surface area contributed by atoms with Gasteiger partial charge in [-0.15, -0.1) is 0 Å². The number of hydrogen-bond donors (Lipinski definition) is 1. The number of pyridine rings is 1. The van der Waals surface area contributed by atoms with Crippen LogP contribution in [0.5, 0.6) is 17.5 Å². The molecule has 1 aliphatic heterocycles. The first-order valence-electron chi connectivity index (χ1n) is 11.2. The zero-order valence-electron chi connectivity index (χ0n) is 19.0. The maximum absolute atomic E-state index is 12.4. The SMILES string of the molecule is CCC(=O)c1ccc(C23Oc4cc(OC)nc(OC)c4C2(O)CCC3c2ccccc2)cc1. The second-order valence-electron chi connectivity index (χ2n) is 8.60. The van der Waals surface area contributed by atoms with Crippen LogP contribution in [0.15, 0.2) is 60.7 Å². The molecule has 0 bridgehead atoms. The highest BCUT2D eigenvalue weighted by atomic mass is 16.5. The van der Waals surface area contributed by atoms with E-state index in [1.807, 2.05) is 49.4 Å². The molecule has 0 spiro atoms. The number of methoxy groups -OCH3 is 2. The first-order chi connectivity index (χ1) is 16.0. The van der Waals surface area contributed by atoms with Gasteiger partial charge in [-0.2, -0.15) is 4.98 Å². The Labute approximate surface area is 193 Å². The van der Waals surface area contributed by atoms with Crippen LogP contribution in [0.2, 0.25) is 0 Å². The molecule has 1 aromatic heterocycles. The van der Waals surface area contributed by atoms with Crippen LogP contribution in [0, 0.1) is 0 Å². The summed E-state index contributed by atoms with van der Waals surface area (Å²) in [5.41, 5.74) is 0.593. The average molecular weight is 446 g/mol. The van der Waals surface area contributed by atoms with Crippen LogP contribution in [0.25, 0.3) is 0 Å². The molecule has 2 aliphatic rings. The minimum atomic E-state index is -1.37. The van der Waals surface area contributed by atoms with Crippen molar-refractivity contribution in [1.29, 1.82) is 0 Å². The molecule has 2 heterocycles. The summed E-state index contributed by atoms with van der Waals surface area (Å²) >= 11 is 0. The summed E-state index contributed by atoms with van der Waals surface area (Å²) in [4.78, 5) is 16.7. The van der Waals surface area contributed by atoms with Gasteiger partial charge in [0, 0.05) is 24.0 Å². The van der Waals surface area contributed by atoms with Crippen molar-refractivity contribution >= 4 is 5.78 Å². The number of Topliss-reactive ketones (excluding diaryl/α,β-unsaturated/α-hetero) is 1. The molecule has 3 atom stereocenters. The second-order valence-corrected chi connectivity index (χ2v) is 8.60. The van der Waals surface area contributed by atoms with Crippen LogP contribution in [-0.4, -0.2) is 30.1 Å². The third-order valence-electron chi connectivity index (χ3n) is 7.07. The first kappa shape index (κ1) is 21.5. The van der Waals surface area contributed by atoms with Gasteiger partial charge in [-0.3, -0.25) is 4.79 Å². The molecule has 6 nitrogen and oxygen atoms in total. The van der Waals surface area contributed by atoms with Gasteiger partial charge in [-0.25, -0.2) is 0 Å². The summed E-state index contributed by atoms with van der Waals surface area (Å²) in [7, 11) is 3.06. The molecule has 1 fully saturated rings. The molecule has 5 rings (SSSR count). The Morgan fingerprint density at radius 3 is 2.48 bits per heavy atom. The van der Waals surface area contributed by atoms with E-state index < -0.39 is 11.2 Å². The second kappa shape index (κ2) is 7.89. The molecule has 0 amide bonds. The lowest BCUT2D eigenvalue weighted by molar-refractivity contribution is -0.106. The molecule has 2 aromatic carbocycles. The predicted molar refractivity (Wildman–Crippen MR) is 123 cm³/mol. The third-order valence-corrected chi connectivity index (χ3v) is 7.07. The number of fused-ring (bicyclic) bond motifs is 3. The maximum Gasteiger partial charge on any atom is 0.226 e. The molecule has 6 heteroatoms. The Bertz CT molecular complexity index is 1190. The minimum absolute atomic E-state index is 0.0755. The van der Waals surface area contributed by atoms with Crippen molar-refractivity contribution < 1.29 is 24.1 Å². The minimum Gasteiger partial charge on any atom is -0.481 e. The van der Waals surface area contributed by atoms with E-state index >= 15 is 0 Å². The summed E-state index contributed by atoms with van der Waals surface area (Å²) in [5, 5.41) is 12.4. The molecule has 0 saturated heterocycles. The van der Waals surface area contributed by atoms with E-state index in [0.29, 0.717) is 47.9 Å².